The molecule has 1 heterocycles. The van der Waals surface area contributed by atoms with Gasteiger partial charge in [-0.2, -0.15) is 0 Å². The summed E-state index contributed by atoms with van der Waals surface area (Å²) in [6.07, 6.45) is -0.840. The zero-order valence-electron chi connectivity index (χ0n) is 6.82. The van der Waals surface area contributed by atoms with Crippen LogP contribution in [0.25, 0.3) is 0 Å². The second-order valence-corrected chi connectivity index (χ2v) is 4.24. The molecule has 1 rings (SSSR count). The summed E-state index contributed by atoms with van der Waals surface area (Å²) in [6.45, 7) is 1.60. The summed E-state index contributed by atoms with van der Waals surface area (Å²) >= 11 is 5.21. The lowest BCUT2D eigenvalue weighted by Gasteiger charge is -2.10. The Morgan fingerprint density at radius 3 is 2.62 bits per heavy atom. The van der Waals surface area contributed by atoms with E-state index in [1.165, 1.54) is 0 Å². The number of alkyl halides is 3. The minimum atomic E-state index is -2.45. The average Bonchev–Trinajstić information content (AvgIpc) is 2.07. The van der Waals surface area contributed by atoms with Crippen LogP contribution in [0.4, 0.5) is 8.78 Å². The van der Waals surface area contributed by atoms with Crippen molar-refractivity contribution in [2.24, 2.45) is 0 Å². The van der Waals surface area contributed by atoms with E-state index in [1.807, 2.05) is 22.6 Å². The van der Waals surface area contributed by atoms with E-state index in [4.69, 9.17) is 0 Å². The van der Waals surface area contributed by atoms with Crippen molar-refractivity contribution in [1.29, 1.82) is 0 Å². The van der Waals surface area contributed by atoms with E-state index < -0.39 is 6.43 Å². The van der Waals surface area contributed by atoms with Crippen LogP contribution in [0.3, 0.4) is 0 Å². The van der Waals surface area contributed by atoms with Crippen LogP contribution in [-0.4, -0.2) is 4.98 Å². The Kier molecular flexibility index (Phi) is 4.03. The maximum atomic E-state index is 12.6. The molecule has 0 aromatic carbocycles. The highest BCUT2D eigenvalue weighted by molar-refractivity contribution is 14.1. The van der Waals surface area contributed by atoms with Gasteiger partial charge in [0.15, 0.2) is 0 Å². The predicted molar refractivity (Wildman–Crippen MR) is 59.3 cm³/mol. The van der Waals surface area contributed by atoms with Gasteiger partial charge in [-0.3, -0.25) is 4.98 Å². The first kappa shape index (κ1) is 11.3. The first-order chi connectivity index (χ1) is 6.07. The van der Waals surface area contributed by atoms with Crippen LogP contribution in [0, 0.1) is 10.5 Å². The van der Waals surface area contributed by atoms with Gasteiger partial charge in [-0.05, 0) is 35.1 Å². The van der Waals surface area contributed by atoms with Gasteiger partial charge in [0.1, 0.15) is 0 Å². The van der Waals surface area contributed by atoms with E-state index in [1.54, 1.807) is 13.1 Å². The van der Waals surface area contributed by atoms with Crippen molar-refractivity contribution in [3.8, 4) is 0 Å². The molecule has 72 valence electrons. The van der Waals surface area contributed by atoms with E-state index in [0.29, 0.717) is 16.6 Å². The summed E-state index contributed by atoms with van der Waals surface area (Å²) in [5.41, 5.74) is 1.11. The maximum Gasteiger partial charge on any atom is 0.265 e. The number of halogens is 4. The molecule has 5 heteroatoms. The number of nitrogens with zero attached hydrogens (tertiary/aromatic N) is 1. The third-order valence-electron chi connectivity index (χ3n) is 1.73. The minimum Gasteiger partial charge on any atom is -0.260 e. The molecule has 0 saturated heterocycles. The van der Waals surface area contributed by atoms with Crippen LogP contribution < -0.4 is 0 Å². The summed E-state index contributed by atoms with van der Waals surface area (Å²) in [4.78, 5) is 3.90. The summed E-state index contributed by atoms with van der Waals surface area (Å²) in [5.74, 6) is 0. The van der Waals surface area contributed by atoms with Crippen molar-refractivity contribution in [2.75, 3.05) is 0 Å². The number of aryl methyl sites for hydroxylation is 1. The summed E-state index contributed by atoms with van der Waals surface area (Å²) in [5, 5.41) is 0.439. The van der Waals surface area contributed by atoms with Gasteiger partial charge in [-0.15, -0.1) is 0 Å². The van der Waals surface area contributed by atoms with E-state index in [9.17, 15) is 8.78 Å². The number of pyridine rings is 1. The lowest BCUT2D eigenvalue weighted by molar-refractivity contribution is 0.149. The van der Waals surface area contributed by atoms with Crippen molar-refractivity contribution in [1.82, 2.24) is 4.98 Å². The lowest BCUT2D eigenvalue weighted by atomic mass is 10.1. The quantitative estimate of drug-likeness (QED) is 0.576. The summed E-state index contributed by atoms with van der Waals surface area (Å²) in [7, 11) is 0. The van der Waals surface area contributed by atoms with Crippen molar-refractivity contribution in [2.45, 2.75) is 18.7 Å². The van der Waals surface area contributed by atoms with Gasteiger partial charge in [-0.25, -0.2) is 8.78 Å². The molecule has 0 fully saturated rings. The van der Waals surface area contributed by atoms with Crippen molar-refractivity contribution < 1.29 is 8.78 Å². The molecule has 0 N–H and O–H groups in total. The van der Waals surface area contributed by atoms with Gasteiger partial charge in [0, 0.05) is 26.4 Å². The van der Waals surface area contributed by atoms with E-state index >= 15 is 0 Å². The standard InChI is InChI=1S/C8H7BrF2IN/c1-4-7(8(10)11)5(2-9)6(12)3-13-4/h3,8H,2H2,1H3. The van der Waals surface area contributed by atoms with Gasteiger partial charge in [0.2, 0.25) is 0 Å². The normalized spacial score (nSPS) is 10.9. The van der Waals surface area contributed by atoms with Crippen LogP contribution in [0.15, 0.2) is 6.20 Å². The lowest BCUT2D eigenvalue weighted by Crippen LogP contribution is -2.01. The van der Waals surface area contributed by atoms with Gasteiger partial charge in [-0.1, -0.05) is 15.9 Å². The molecule has 0 aliphatic heterocycles. The fraction of sp³-hybridized carbons (Fsp3) is 0.375. The summed E-state index contributed by atoms with van der Waals surface area (Å²) in [6, 6.07) is 0. The van der Waals surface area contributed by atoms with E-state index in [2.05, 4.69) is 20.9 Å². The van der Waals surface area contributed by atoms with Crippen molar-refractivity contribution in [3.63, 3.8) is 0 Å². The molecular weight excluding hydrogens is 355 g/mol. The molecule has 0 spiro atoms. The van der Waals surface area contributed by atoms with Crippen LogP contribution in [0.1, 0.15) is 23.2 Å². The molecule has 0 amide bonds. The van der Waals surface area contributed by atoms with Gasteiger partial charge in [0.05, 0.1) is 0 Å². The molecule has 0 radical (unpaired) electrons. The molecule has 0 atom stereocenters. The Balaban J connectivity index is 3.35. The molecule has 0 unspecified atom stereocenters. The second kappa shape index (κ2) is 4.63. The minimum absolute atomic E-state index is 0.0591. The molecule has 0 aliphatic carbocycles. The van der Waals surface area contributed by atoms with Crippen LogP contribution in [0.5, 0.6) is 0 Å². The molecule has 1 aromatic heterocycles. The van der Waals surface area contributed by atoms with Crippen LogP contribution >= 0.6 is 38.5 Å². The predicted octanol–water partition coefficient (Wildman–Crippen LogP) is 3.83. The smallest absolute Gasteiger partial charge is 0.260 e. The van der Waals surface area contributed by atoms with E-state index in [0.717, 1.165) is 3.57 Å². The van der Waals surface area contributed by atoms with Crippen LogP contribution in [-0.2, 0) is 5.33 Å². The Hall–Kier alpha value is 0.220. The fourth-order valence-electron chi connectivity index (χ4n) is 1.07. The highest BCUT2D eigenvalue weighted by Gasteiger charge is 2.18. The monoisotopic (exact) mass is 361 g/mol. The number of rotatable bonds is 2. The van der Waals surface area contributed by atoms with Crippen LogP contribution in [0.2, 0.25) is 0 Å². The van der Waals surface area contributed by atoms with Gasteiger partial charge < -0.3 is 0 Å². The topological polar surface area (TPSA) is 12.9 Å². The maximum absolute atomic E-state index is 12.6. The zero-order chi connectivity index (χ0) is 10.0. The SMILES string of the molecule is Cc1ncc(I)c(CBr)c1C(F)F. The molecule has 1 aromatic rings. The third kappa shape index (κ3) is 2.37. The highest BCUT2D eigenvalue weighted by Crippen LogP contribution is 2.29. The first-order valence-electron chi connectivity index (χ1n) is 3.56. The van der Waals surface area contributed by atoms with Crippen molar-refractivity contribution >= 4 is 38.5 Å². The number of hydrogen-bond acceptors (Lipinski definition) is 1. The Morgan fingerprint density at radius 2 is 2.23 bits per heavy atom. The number of hydrogen-bond donors (Lipinski definition) is 0. The van der Waals surface area contributed by atoms with E-state index in [-0.39, 0.29) is 5.56 Å². The summed E-state index contributed by atoms with van der Waals surface area (Å²) < 4.78 is 26.0. The fourth-order valence-corrected chi connectivity index (χ4v) is 2.82. The Morgan fingerprint density at radius 1 is 1.62 bits per heavy atom. The second-order valence-electron chi connectivity index (χ2n) is 2.52. The molecule has 0 aliphatic rings. The Labute approximate surface area is 97.2 Å². The molecule has 0 bridgehead atoms. The van der Waals surface area contributed by atoms with Crippen molar-refractivity contribution in [3.05, 3.63) is 26.6 Å². The molecule has 0 saturated carbocycles. The first-order valence-corrected chi connectivity index (χ1v) is 5.76. The average molecular weight is 362 g/mol. The highest BCUT2D eigenvalue weighted by atomic mass is 127. The zero-order valence-corrected chi connectivity index (χ0v) is 10.6. The molecule has 1 nitrogen and oxygen atoms in total. The molecule has 13 heavy (non-hydrogen) atoms. The Bertz CT molecular complexity index is 317. The van der Waals surface area contributed by atoms with Gasteiger partial charge >= 0.3 is 0 Å². The third-order valence-corrected chi connectivity index (χ3v) is 3.22. The molecular formula is C8H7BrF2IN. The van der Waals surface area contributed by atoms with Gasteiger partial charge in [0.25, 0.3) is 6.43 Å². The number of aromatic nitrogens is 1. The largest absolute Gasteiger partial charge is 0.265 e.